The predicted octanol–water partition coefficient (Wildman–Crippen LogP) is 0.988. The standard InChI is InChI=1S/C9H7N3O4S/c10-4-1-5-17(15,16)7-2-3-8(11)9(6-7)12(13)14/h1-3,5-6H,11H2/b5-1+. The maximum atomic E-state index is 11.6. The van der Waals surface area contributed by atoms with Crippen molar-refractivity contribution in [2.75, 3.05) is 5.73 Å². The highest BCUT2D eigenvalue weighted by Gasteiger charge is 2.18. The van der Waals surface area contributed by atoms with Gasteiger partial charge in [0.05, 0.1) is 15.9 Å². The molecule has 0 fully saturated rings. The molecule has 0 spiro atoms. The molecule has 0 unspecified atom stereocenters. The third-order valence-electron chi connectivity index (χ3n) is 1.85. The summed E-state index contributed by atoms with van der Waals surface area (Å²) in [5.74, 6) is 0. The van der Waals surface area contributed by atoms with Crippen LogP contribution in [-0.4, -0.2) is 13.3 Å². The first-order valence-corrected chi connectivity index (χ1v) is 5.78. The van der Waals surface area contributed by atoms with Crippen LogP contribution < -0.4 is 5.73 Å². The molecule has 88 valence electrons. The molecular weight excluding hydrogens is 246 g/mol. The number of sulfone groups is 1. The number of nitrogens with two attached hydrogens (primary N) is 1. The van der Waals surface area contributed by atoms with Gasteiger partial charge in [-0.05, 0) is 12.1 Å². The fourth-order valence-electron chi connectivity index (χ4n) is 1.06. The Morgan fingerprint density at radius 1 is 1.47 bits per heavy atom. The monoisotopic (exact) mass is 253 g/mol. The number of benzene rings is 1. The van der Waals surface area contributed by atoms with Gasteiger partial charge in [0.2, 0.25) is 9.84 Å². The number of nitro groups is 1. The zero-order valence-electron chi connectivity index (χ0n) is 8.40. The maximum absolute atomic E-state index is 11.6. The summed E-state index contributed by atoms with van der Waals surface area (Å²) in [6.07, 6.45) is 0.775. The van der Waals surface area contributed by atoms with E-state index in [9.17, 15) is 18.5 Å². The van der Waals surface area contributed by atoms with E-state index in [-0.39, 0.29) is 10.6 Å². The van der Waals surface area contributed by atoms with Gasteiger partial charge in [0.1, 0.15) is 5.69 Å². The van der Waals surface area contributed by atoms with E-state index in [1.165, 1.54) is 6.07 Å². The second-order valence-corrected chi connectivity index (χ2v) is 4.79. The van der Waals surface area contributed by atoms with E-state index in [4.69, 9.17) is 11.0 Å². The molecule has 8 heteroatoms. The van der Waals surface area contributed by atoms with Gasteiger partial charge in [0.25, 0.3) is 5.69 Å². The van der Waals surface area contributed by atoms with Crippen LogP contribution in [-0.2, 0) is 9.84 Å². The van der Waals surface area contributed by atoms with Crippen LogP contribution in [0.4, 0.5) is 11.4 Å². The van der Waals surface area contributed by atoms with E-state index in [2.05, 4.69) is 0 Å². The second-order valence-electron chi connectivity index (χ2n) is 2.95. The van der Waals surface area contributed by atoms with Crippen molar-refractivity contribution in [3.05, 3.63) is 39.8 Å². The highest BCUT2D eigenvalue weighted by molar-refractivity contribution is 7.94. The van der Waals surface area contributed by atoms with Crippen LogP contribution in [0.5, 0.6) is 0 Å². The Balaban J connectivity index is 3.36. The van der Waals surface area contributed by atoms with Crippen molar-refractivity contribution < 1.29 is 13.3 Å². The molecule has 0 radical (unpaired) electrons. The minimum absolute atomic E-state index is 0.127. The fourth-order valence-corrected chi connectivity index (χ4v) is 1.99. The van der Waals surface area contributed by atoms with Gasteiger partial charge in [-0.3, -0.25) is 10.1 Å². The SMILES string of the molecule is N#C/C=C/S(=O)(=O)c1ccc(N)c([N+](=O)[O-])c1. The van der Waals surface area contributed by atoms with Crippen LogP contribution >= 0.6 is 0 Å². The van der Waals surface area contributed by atoms with Crippen LogP contribution in [0.1, 0.15) is 0 Å². The molecule has 1 aromatic rings. The van der Waals surface area contributed by atoms with Crippen molar-refractivity contribution in [1.29, 1.82) is 5.26 Å². The number of rotatable bonds is 3. The number of allylic oxidation sites excluding steroid dienone is 1. The minimum Gasteiger partial charge on any atom is -0.393 e. The van der Waals surface area contributed by atoms with Crippen LogP contribution in [0, 0.1) is 21.4 Å². The van der Waals surface area contributed by atoms with Gasteiger partial charge in [-0.25, -0.2) is 8.42 Å². The average molecular weight is 253 g/mol. The van der Waals surface area contributed by atoms with Crippen LogP contribution in [0.25, 0.3) is 0 Å². The van der Waals surface area contributed by atoms with E-state index < -0.39 is 20.4 Å². The van der Waals surface area contributed by atoms with Crippen molar-refractivity contribution in [3.8, 4) is 6.07 Å². The molecule has 1 rings (SSSR count). The third-order valence-corrected chi connectivity index (χ3v) is 3.25. The van der Waals surface area contributed by atoms with Gasteiger partial charge >= 0.3 is 0 Å². The minimum atomic E-state index is -3.86. The maximum Gasteiger partial charge on any atom is 0.293 e. The Hall–Kier alpha value is -2.40. The van der Waals surface area contributed by atoms with Gasteiger partial charge in [0.15, 0.2) is 0 Å². The molecule has 0 bridgehead atoms. The van der Waals surface area contributed by atoms with Gasteiger partial charge in [-0.1, -0.05) is 0 Å². The van der Waals surface area contributed by atoms with Crippen LogP contribution in [0.15, 0.2) is 34.6 Å². The lowest BCUT2D eigenvalue weighted by atomic mass is 10.3. The summed E-state index contributed by atoms with van der Waals surface area (Å²) < 4.78 is 23.2. The molecule has 1 aromatic carbocycles. The first-order chi connectivity index (χ1) is 7.88. The summed E-state index contributed by atoms with van der Waals surface area (Å²) >= 11 is 0. The fraction of sp³-hybridized carbons (Fsp3) is 0. The molecule has 2 N–H and O–H groups in total. The number of nitriles is 1. The third kappa shape index (κ3) is 2.79. The molecule has 17 heavy (non-hydrogen) atoms. The number of hydrogen-bond donors (Lipinski definition) is 1. The van der Waals surface area contributed by atoms with Crippen molar-refractivity contribution in [3.63, 3.8) is 0 Å². The number of hydrogen-bond acceptors (Lipinski definition) is 6. The summed E-state index contributed by atoms with van der Waals surface area (Å²) in [7, 11) is -3.86. The van der Waals surface area contributed by atoms with E-state index >= 15 is 0 Å². The zero-order valence-corrected chi connectivity index (χ0v) is 9.22. The zero-order chi connectivity index (χ0) is 13.1. The molecule has 0 saturated carbocycles. The van der Waals surface area contributed by atoms with E-state index in [1.807, 2.05) is 0 Å². The average Bonchev–Trinajstić information content (AvgIpc) is 2.26. The molecule has 0 amide bonds. The highest BCUT2D eigenvalue weighted by atomic mass is 32.2. The van der Waals surface area contributed by atoms with Gasteiger partial charge in [-0.2, -0.15) is 5.26 Å². The Morgan fingerprint density at radius 3 is 2.65 bits per heavy atom. The summed E-state index contributed by atoms with van der Waals surface area (Å²) in [6, 6.07) is 4.65. The van der Waals surface area contributed by atoms with E-state index in [0.29, 0.717) is 5.41 Å². The normalized spacial score (nSPS) is 11.2. The summed E-state index contributed by atoms with van der Waals surface area (Å²) in [4.78, 5) is 9.51. The molecular formula is C9H7N3O4S. The van der Waals surface area contributed by atoms with Crippen LogP contribution in [0.3, 0.4) is 0 Å². The molecule has 0 heterocycles. The summed E-state index contributed by atoms with van der Waals surface area (Å²) in [5.41, 5.74) is 4.71. The Kier molecular flexibility index (Phi) is 3.45. The summed E-state index contributed by atoms with van der Waals surface area (Å²) in [6.45, 7) is 0. The van der Waals surface area contributed by atoms with Crippen molar-refractivity contribution in [2.24, 2.45) is 0 Å². The number of anilines is 1. The molecule has 0 aliphatic rings. The first-order valence-electron chi connectivity index (χ1n) is 4.23. The smallest absolute Gasteiger partial charge is 0.293 e. The highest BCUT2D eigenvalue weighted by Crippen LogP contribution is 2.25. The first kappa shape index (κ1) is 12.7. The quantitative estimate of drug-likeness (QED) is 0.370. The van der Waals surface area contributed by atoms with Crippen molar-refractivity contribution >= 4 is 21.2 Å². The predicted molar refractivity (Wildman–Crippen MR) is 59.4 cm³/mol. The Bertz CT molecular complexity index is 628. The number of nitrogen functional groups attached to an aromatic ring is 1. The molecule has 0 atom stereocenters. The lowest BCUT2D eigenvalue weighted by Crippen LogP contribution is -2.00. The van der Waals surface area contributed by atoms with Gasteiger partial charge in [-0.15, -0.1) is 0 Å². The molecule has 0 aliphatic heterocycles. The number of nitrogens with zero attached hydrogens (tertiary/aromatic N) is 2. The van der Waals surface area contributed by atoms with E-state index in [0.717, 1.165) is 24.3 Å². The number of nitro benzene ring substituents is 1. The summed E-state index contributed by atoms with van der Waals surface area (Å²) in [5, 5.41) is 19.5. The molecule has 7 nitrogen and oxygen atoms in total. The van der Waals surface area contributed by atoms with Gasteiger partial charge in [0, 0.05) is 17.6 Å². The lowest BCUT2D eigenvalue weighted by Gasteiger charge is -2.00. The van der Waals surface area contributed by atoms with Crippen LogP contribution in [0.2, 0.25) is 0 Å². The Morgan fingerprint density at radius 2 is 2.12 bits per heavy atom. The van der Waals surface area contributed by atoms with E-state index in [1.54, 1.807) is 0 Å². The van der Waals surface area contributed by atoms with Crippen molar-refractivity contribution in [2.45, 2.75) is 4.90 Å². The lowest BCUT2D eigenvalue weighted by molar-refractivity contribution is -0.384. The molecule has 0 aromatic heterocycles. The topological polar surface area (TPSA) is 127 Å². The van der Waals surface area contributed by atoms with Gasteiger partial charge < -0.3 is 5.73 Å². The Labute approximate surface area is 96.8 Å². The molecule has 0 aliphatic carbocycles. The van der Waals surface area contributed by atoms with Crippen molar-refractivity contribution in [1.82, 2.24) is 0 Å². The largest absolute Gasteiger partial charge is 0.393 e. The molecule has 0 saturated heterocycles. The second kappa shape index (κ2) is 4.63.